The maximum atomic E-state index is 13.4. The molecule has 24 heavy (non-hydrogen) atoms. The van der Waals surface area contributed by atoms with Crippen LogP contribution in [0.5, 0.6) is 5.88 Å². The molecule has 0 amide bonds. The molecule has 140 valence electrons. The first kappa shape index (κ1) is 20.9. The number of aryl methyl sites for hydroxylation is 1. The second-order valence-corrected chi connectivity index (χ2v) is 6.99. The predicted octanol–water partition coefficient (Wildman–Crippen LogP) is 6.40. The molecule has 1 rings (SSSR count). The van der Waals surface area contributed by atoms with Crippen LogP contribution in [0.25, 0.3) is 0 Å². The number of unbranched alkanes of at least 4 members (excludes halogenated alkanes) is 5. The van der Waals surface area contributed by atoms with Crippen LogP contribution >= 0.6 is 0 Å². The number of hydrogen-bond acceptors (Lipinski definition) is 2. The molecule has 0 spiro atoms. The summed E-state index contributed by atoms with van der Waals surface area (Å²) in [6.45, 7) is 8.13. The summed E-state index contributed by atoms with van der Waals surface area (Å²) in [7, 11) is 1.46. The van der Waals surface area contributed by atoms with E-state index in [4.69, 9.17) is 4.74 Å². The fourth-order valence-electron chi connectivity index (χ4n) is 3.34. The highest BCUT2D eigenvalue weighted by molar-refractivity contribution is 5.33. The molecule has 0 aliphatic carbocycles. The van der Waals surface area contributed by atoms with Crippen molar-refractivity contribution in [1.29, 1.82) is 0 Å². The minimum atomic E-state index is -2.56. The lowest BCUT2D eigenvalue weighted by Crippen LogP contribution is -2.32. The minimum absolute atomic E-state index is 0.0637. The summed E-state index contributed by atoms with van der Waals surface area (Å²) in [5, 5.41) is 4.45. The van der Waals surface area contributed by atoms with Gasteiger partial charge in [-0.1, -0.05) is 58.8 Å². The van der Waals surface area contributed by atoms with E-state index in [1.54, 1.807) is 11.6 Å². The minimum Gasteiger partial charge on any atom is -0.481 e. The van der Waals surface area contributed by atoms with Gasteiger partial charge in [0.05, 0.1) is 18.3 Å². The number of aromatic nitrogens is 2. The summed E-state index contributed by atoms with van der Waals surface area (Å²) in [6.07, 6.45) is 7.42. The van der Waals surface area contributed by atoms with E-state index < -0.39 is 6.43 Å². The van der Waals surface area contributed by atoms with Crippen LogP contribution in [0.1, 0.15) is 96.2 Å². The molecular weight excluding hydrogens is 310 g/mol. The van der Waals surface area contributed by atoms with Gasteiger partial charge < -0.3 is 4.74 Å². The molecule has 0 fully saturated rings. The van der Waals surface area contributed by atoms with Crippen LogP contribution in [-0.2, 0) is 5.54 Å². The maximum absolute atomic E-state index is 13.4. The normalized spacial score (nSPS) is 14.2. The molecule has 1 atom stereocenters. The molecule has 5 heteroatoms. The van der Waals surface area contributed by atoms with E-state index in [9.17, 15) is 8.78 Å². The first-order chi connectivity index (χ1) is 11.4. The third-order valence-electron chi connectivity index (χ3n) is 4.87. The Morgan fingerprint density at radius 1 is 1.04 bits per heavy atom. The lowest BCUT2D eigenvalue weighted by molar-refractivity contribution is 0.142. The molecular formula is C19H34F2N2O. The molecule has 0 saturated heterocycles. The topological polar surface area (TPSA) is 27.1 Å². The zero-order valence-corrected chi connectivity index (χ0v) is 16.0. The lowest BCUT2D eigenvalue weighted by atomic mass is 9.88. The van der Waals surface area contributed by atoms with Gasteiger partial charge in [0.25, 0.3) is 6.43 Å². The standard InChI is InChI=1S/C19H34F2N2O/c1-6-8-10-11-12-14-19(4,13-9-7-2)23-18(24-5)16(17(20)21)15(3)22-23/h17H,6-14H2,1-5H3. The molecule has 1 heterocycles. The van der Waals surface area contributed by atoms with E-state index in [2.05, 4.69) is 25.9 Å². The Balaban J connectivity index is 3.04. The Morgan fingerprint density at radius 2 is 1.62 bits per heavy atom. The summed E-state index contributed by atoms with van der Waals surface area (Å²) >= 11 is 0. The highest BCUT2D eigenvalue weighted by Gasteiger charge is 2.34. The fourth-order valence-corrected chi connectivity index (χ4v) is 3.34. The van der Waals surface area contributed by atoms with Gasteiger partial charge >= 0.3 is 0 Å². The SMILES string of the molecule is CCCCCCCC(C)(CCCC)n1nc(C)c(C(F)F)c1OC. The zero-order chi connectivity index (χ0) is 18.2. The van der Waals surface area contributed by atoms with E-state index >= 15 is 0 Å². The van der Waals surface area contributed by atoms with Crippen molar-refractivity contribution in [2.75, 3.05) is 7.11 Å². The van der Waals surface area contributed by atoms with Crippen LogP contribution in [0.4, 0.5) is 8.78 Å². The second kappa shape index (κ2) is 10.00. The van der Waals surface area contributed by atoms with E-state index in [1.165, 1.54) is 32.8 Å². The smallest absolute Gasteiger partial charge is 0.270 e. The molecule has 1 unspecified atom stereocenters. The van der Waals surface area contributed by atoms with Crippen molar-refractivity contribution in [2.45, 2.75) is 97.4 Å². The molecule has 0 aromatic carbocycles. The molecule has 0 aliphatic rings. The number of alkyl halides is 2. The van der Waals surface area contributed by atoms with Gasteiger partial charge in [0, 0.05) is 0 Å². The summed E-state index contributed by atoms with van der Waals surface area (Å²) < 4.78 is 33.9. The van der Waals surface area contributed by atoms with E-state index in [-0.39, 0.29) is 17.0 Å². The molecule has 0 bridgehead atoms. The van der Waals surface area contributed by atoms with Crippen molar-refractivity contribution in [3.63, 3.8) is 0 Å². The highest BCUT2D eigenvalue weighted by Crippen LogP contribution is 2.39. The van der Waals surface area contributed by atoms with Crippen molar-refractivity contribution in [3.8, 4) is 5.88 Å². The Kier molecular flexibility index (Phi) is 8.71. The van der Waals surface area contributed by atoms with Crippen molar-refractivity contribution < 1.29 is 13.5 Å². The van der Waals surface area contributed by atoms with E-state index in [0.717, 1.165) is 32.1 Å². The Morgan fingerprint density at radius 3 is 2.17 bits per heavy atom. The van der Waals surface area contributed by atoms with Crippen molar-refractivity contribution in [1.82, 2.24) is 9.78 Å². The van der Waals surface area contributed by atoms with E-state index in [1.807, 2.05) is 0 Å². The Labute approximate surface area is 145 Å². The summed E-state index contributed by atoms with van der Waals surface area (Å²) in [4.78, 5) is 0. The van der Waals surface area contributed by atoms with Crippen LogP contribution in [0.3, 0.4) is 0 Å². The Hall–Kier alpha value is -1.13. The molecule has 1 aromatic heterocycles. The number of rotatable bonds is 12. The predicted molar refractivity (Wildman–Crippen MR) is 95.0 cm³/mol. The van der Waals surface area contributed by atoms with Gasteiger partial charge in [-0.05, 0) is 26.7 Å². The van der Waals surface area contributed by atoms with Crippen LogP contribution in [0, 0.1) is 6.92 Å². The van der Waals surface area contributed by atoms with Crippen LogP contribution in [0.15, 0.2) is 0 Å². The third kappa shape index (κ3) is 5.18. The number of hydrogen-bond donors (Lipinski definition) is 0. The molecule has 0 N–H and O–H groups in total. The second-order valence-electron chi connectivity index (χ2n) is 6.99. The van der Waals surface area contributed by atoms with Gasteiger partial charge in [0.15, 0.2) is 0 Å². The van der Waals surface area contributed by atoms with Gasteiger partial charge in [0.2, 0.25) is 5.88 Å². The number of nitrogens with zero attached hydrogens (tertiary/aromatic N) is 2. The molecule has 0 saturated carbocycles. The Bertz CT molecular complexity index is 488. The average Bonchev–Trinajstić information content (AvgIpc) is 2.90. The van der Waals surface area contributed by atoms with Crippen LogP contribution in [0.2, 0.25) is 0 Å². The highest BCUT2D eigenvalue weighted by atomic mass is 19.3. The van der Waals surface area contributed by atoms with E-state index in [0.29, 0.717) is 5.69 Å². The lowest BCUT2D eigenvalue weighted by Gasteiger charge is -2.31. The van der Waals surface area contributed by atoms with Gasteiger partial charge in [-0.25, -0.2) is 13.5 Å². The molecule has 0 radical (unpaired) electrons. The molecule has 1 aromatic rings. The van der Waals surface area contributed by atoms with Gasteiger partial charge in [-0.15, -0.1) is 0 Å². The maximum Gasteiger partial charge on any atom is 0.270 e. The van der Waals surface area contributed by atoms with Gasteiger partial charge in [-0.2, -0.15) is 5.10 Å². The monoisotopic (exact) mass is 344 g/mol. The van der Waals surface area contributed by atoms with Gasteiger partial charge in [0.1, 0.15) is 5.56 Å². The number of methoxy groups -OCH3 is 1. The van der Waals surface area contributed by atoms with Crippen molar-refractivity contribution in [3.05, 3.63) is 11.3 Å². The summed E-state index contributed by atoms with van der Waals surface area (Å²) in [5.41, 5.74) is 0.0348. The zero-order valence-electron chi connectivity index (χ0n) is 16.0. The van der Waals surface area contributed by atoms with Crippen LogP contribution in [-0.4, -0.2) is 16.9 Å². The first-order valence-electron chi connectivity index (χ1n) is 9.33. The quantitative estimate of drug-likeness (QED) is 0.410. The van der Waals surface area contributed by atoms with Crippen molar-refractivity contribution >= 4 is 0 Å². The largest absolute Gasteiger partial charge is 0.481 e. The average molecular weight is 344 g/mol. The molecule has 3 nitrogen and oxygen atoms in total. The first-order valence-corrected chi connectivity index (χ1v) is 9.33. The number of halogens is 2. The fraction of sp³-hybridized carbons (Fsp3) is 0.842. The van der Waals surface area contributed by atoms with Crippen LogP contribution < -0.4 is 4.74 Å². The molecule has 0 aliphatic heterocycles. The summed E-state index contributed by atoms with van der Waals surface area (Å²) in [6, 6.07) is 0. The van der Waals surface area contributed by atoms with Crippen molar-refractivity contribution in [2.24, 2.45) is 0 Å². The summed E-state index contributed by atoms with van der Waals surface area (Å²) in [5.74, 6) is 0.231. The van der Waals surface area contributed by atoms with Gasteiger partial charge in [-0.3, -0.25) is 0 Å². The number of ether oxygens (including phenoxy) is 1. The third-order valence-corrected chi connectivity index (χ3v) is 4.87.